The van der Waals surface area contributed by atoms with E-state index in [4.69, 9.17) is 9.84 Å². The molecule has 1 amide bonds. The third kappa shape index (κ3) is 2.84. The van der Waals surface area contributed by atoms with Gasteiger partial charge in [-0.05, 0) is 31.4 Å². The second-order valence-corrected chi connectivity index (χ2v) is 4.88. The first-order valence-electron chi connectivity index (χ1n) is 6.42. The van der Waals surface area contributed by atoms with Crippen LogP contribution in [-0.4, -0.2) is 35.2 Å². The van der Waals surface area contributed by atoms with E-state index in [0.29, 0.717) is 19.3 Å². The molecule has 1 aromatic rings. The summed E-state index contributed by atoms with van der Waals surface area (Å²) in [5.41, 5.74) is 0.128. The van der Waals surface area contributed by atoms with Gasteiger partial charge in [-0.15, -0.1) is 0 Å². The molecule has 1 fully saturated rings. The number of rotatable bonds is 4. The molecule has 0 bridgehead atoms. The lowest BCUT2D eigenvalue weighted by atomic mass is 10.1. The molecule has 0 radical (unpaired) electrons. The Morgan fingerprint density at radius 3 is 2.70 bits per heavy atom. The van der Waals surface area contributed by atoms with Crippen LogP contribution in [0.2, 0.25) is 0 Å². The number of carboxylic acid groups (broad SMARTS) is 1. The molecule has 20 heavy (non-hydrogen) atoms. The van der Waals surface area contributed by atoms with Gasteiger partial charge in [0, 0.05) is 6.04 Å². The molecule has 2 rings (SSSR count). The topological polar surface area (TPSA) is 95.9 Å². The molecule has 6 heteroatoms. The number of aliphatic carboxylic acids is 1. The van der Waals surface area contributed by atoms with Crippen LogP contribution >= 0.6 is 0 Å². The maximum Gasteiger partial charge on any atom is 0.306 e. The lowest BCUT2D eigenvalue weighted by molar-refractivity contribution is -0.141. The fourth-order valence-electron chi connectivity index (χ4n) is 2.47. The molecule has 0 aliphatic heterocycles. The number of aromatic hydroxyl groups is 1. The number of phenols is 1. The third-order valence-electron chi connectivity index (χ3n) is 3.58. The number of para-hydroxylation sites is 1. The van der Waals surface area contributed by atoms with Gasteiger partial charge in [-0.2, -0.15) is 0 Å². The molecule has 1 saturated carbocycles. The first kappa shape index (κ1) is 14.2. The van der Waals surface area contributed by atoms with Gasteiger partial charge in [0.05, 0.1) is 18.6 Å². The molecule has 108 valence electrons. The zero-order valence-corrected chi connectivity index (χ0v) is 11.1. The minimum Gasteiger partial charge on any atom is -0.504 e. The largest absolute Gasteiger partial charge is 0.504 e. The van der Waals surface area contributed by atoms with Crippen molar-refractivity contribution in [3.05, 3.63) is 23.8 Å². The quantitative estimate of drug-likeness (QED) is 0.774. The molecule has 1 aliphatic rings. The predicted molar refractivity (Wildman–Crippen MR) is 70.9 cm³/mol. The van der Waals surface area contributed by atoms with E-state index in [0.717, 1.165) is 0 Å². The SMILES string of the molecule is COc1cccc(C(=O)N[C@H]2CC[C@@H](C(=O)O)C2)c1O. The number of hydrogen-bond donors (Lipinski definition) is 3. The number of nitrogens with one attached hydrogen (secondary N) is 1. The summed E-state index contributed by atoms with van der Waals surface area (Å²) in [6, 6.07) is 4.50. The number of hydrogen-bond acceptors (Lipinski definition) is 4. The smallest absolute Gasteiger partial charge is 0.306 e. The Kier molecular flexibility index (Phi) is 4.12. The van der Waals surface area contributed by atoms with E-state index in [1.54, 1.807) is 12.1 Å². The van der Waals surface area contributed by atoms with Crippen molar-refractivity contribution in [2.75, 3.05) is 7.11 Å². The van der Waals surface area contributed by atoms with Crippen LogP contribution in [0.15, 0.2) is 18.2 Å². The van der Waals surface area contributed by atoms with Gasteiger partial charge in [0.1, 0.15) is 0 Å². The van der Waals surface area contributed by atoms with Gasteiger partial charge in [-0.25, -0.2) is 0 Å². The highest BCUT2D eigenvalue weighted by Gasteiger charge is 2.31. The first-order chi connectivity index (χ1) is 9.52. The van der Waals surface area contributed by atoms with Crippen LogP contribution < -0.4 is 10.1 Å². The highest BCUT2D eigenvalue weighted by molar-refractivity contribution is 5.97. The number of amides is 1. The van der Waals surface area contributed by atoms with Crippen molar-refractivity contribution in [3.8, 4) is 11.5 Å². The summed E-state index contributed by atoms with van der Waals surface area (Å²) in [6.45, 7) is 0. The highest BCUT2D eigenvalue weighted by Crippen LogP contribution is 2.30. The zero-order chi connectivity index (χ0) is 14.7. The Hall–Kier alpha value is -2.24. The molecule has 0 heterocycles. The Balaban J connectivity index is 2.04. The molecule has 1 aromatic carbocycles. The monoisotopic (exact) mass is 279 g/mol. The van der Waals surface area contributed by atoms with Crippen LogP contribution in [0.25, 0.3) is 0 Å². The fraction of sp³-hybridized carbons (Fsp3) is 0.429. The molecule has 0 unspecified atom stereocenters. The summed E-state index contributed by atoms with van der Waals surface area (Å²) in [4.78, 5) is 23.0. The summed E-state index contributed by atoms with van der Waals surface area (Å²) in [5, 5.41) is 21.6. The van der Waals surface area contributed by atoms with E-state index < -0.39 is 17.8 Å². The van der Waals surface area contributed by atoms with Crippen LogP contribution in [0, 0.1) is 5.92 Å². The number of carboxylic acids is 1. The summed E-state index contributed by atoms with van der Waals surface area (Å²) >= 11 is 0. The standard InChI is InChI=1S/C14H17NO5/c1-20-11-4-2-3-10(12(11)16)13(17)15-9-6-5-8(7-9)14(18)19/h2-4,8-9,16H,5-7H2,1H3,(H,15,17)(H,18,19)/t8-,9+/m1/s1. The van der Waals surface area contributed by atoms with E-state index in [2.05, 4.69) is 5.32 Å². The second-order valence-electron chi connectivity index (χ2n) is 4.88. The molecule has 0 saturated heterocycles. The number of methoxy groups -OCH3 is 1. The maximum atomic E-state index is 12.1. The van der Waals surface area contributed by atoms with Gasteiger partial charge in [-0.1, -0.05) is 6.07 Å². The predicted octanol–water partition coefficient (Wildman–Crippen LogP) is 1.38. The number of phenolic OH excluding ortho intramolecular Hbond substituents is 1. The van der Waals surface area contributed by atoms with Crippen LogP contribution in [0.3, 0.4) is 0 Å². The Labute approximate surface area is 116 Å². The van der Waals surface area contributed by atoms with Gasteiger partial charge in [0.2, 0.25) is 0 Å². The van der Waals surface area contributed by atoms with Crippen LogP contribution in [0.5, 0.6) is 11.5 Å². The lowest BCUT2D eigenvalue weighted by Gasteiger charge is -2.14. The number of carbonyl (C=O) groups excluding carboxylic acids is 1. The summed E-state index contributed by atoms with van der Waals surface area (Å²) < 4.78 is 4.95. The fourth-order valence-corrected chi connectivity index (χ4v) is 2.47. The maximum absolute atomic E-state index is 12.1. The van der Waals surface area contributed by atoms with Crippen molar-refractivity contribution in [1.82, 2.24) is 5.32 Å². The van der Waals surface area contributed by atoms with E-state index in [9.17, 15) is 14.7 Å². The van der Waals surface area contributed by atoms with E-state index in [1.165, 1.54) is 13.2 Å². The van der Waals surface area contributed by atoms with Crippen LogP contribution in [0.4, 0.5) is 0 Å². The molecular formula is C14H17NO5. The minimum atomic E-state index is -0.828. The van der Waals surface area contributed by atoms with Crippen molar-refractivity contribution in [1.29, 1.82) is 0 Å². The molecule has 0 spiro atoms. The van der Waals surface area contributed by atoms with Crippen molar-refractivity contribution in [2.24, 2.45) is 5.92 Å². The average molecular weight is 279 g/mol. The summed E-state index contributed by atoms with van der Waals surface area (Å²) in [7, 11) is 1.41. The van der Waals surface area contributed by atoms with Gasteiger partial charge in [-0.3, -0.25) is 9.59 Å². The normalized spacial score (nSPS) is 21.4. The molecule has 3 N–H and O–H groups in total. The third-order valence-corrected chi connectivity index (χ3v) is 3.58. The second kappa shape index (κ2) is 5.81. The van der Waals surface area contributed by atoms with Crippen LogP contribution in [-0.2, 0) is 4.79 Å². The van der Waals surface area contributed by atoms with Gasteiger partial charge in [0.25, 0.3) is 5.91 Å². The lowest BCUT2D eigenvalue weighted by Crippen LogP contribution is -2.33. The van der Waals surface area contributed by atoms with Gasteiger partial charge >= 0.3 is 5.97 Å². The summed E-state index contributed by atoms with van der Waals surface area (Å²) in [5.74, 6) is -1.63. The number of ether oxygens (including phenoxy) is 1. The highest BCUT2D eigenvalue weighted by atomic mass is 16.5. The number of benzene rings is 1. The number of carbonyl (C=O) groups is 2. The Bertz CT molecular complexity index is 528. The van der Waals surface area contributed by atoms with Crippen LogP contribution in [0.1, 0.15) is 29.6 Å². The molecule has 0 aromatic heterocycles. The van der Waals surface area contributed by atoms with Gasteiger partial charge in [0.15, 0.2) is 11.5 Å². The molecule has 6 nitrogen and oxygen atoms in total. The average Bonchev–Trinajstić information content (AvgIpc) is 2.87. The zero-order valence-electron chi connectivity index (χ0n) is 11.1. The molecule has 1 aliphatic carbocycles. The minimum absolute atomic E-state index is 0.128. The Morgan fingerprint density at radius 2 is 2.10 bits per heavy atom. The molecular weight excluding hydrogens is 262 g/mol. The Morgan fingerprint density at radius 1 is 1.35 bits per heavy atom. The summed E-state index contributed by atoms with van der Waals surface area (Å²) in [6.07, 6.45) is 1.61. The van der Waals surface area contributed by atoms with Crippen molar-refractivity contribution < 1.29 is 24.5 Å². The van der Waals surface area contributed by atoms with E-state index in [1.807, 2.05) is 0 Å². The molecule has 2 atom stereocenters. The van der Waals surface area contributed by atoms with Crippen molar-refractivity contribution >= 4 is 11.9 Å². The van der Waals surface area contributed by atoms with E-state index in [-0.39, 0.29) is 23.1 Å². The van der Waals surface area contributed by atoms with E-state index >= 15 is 0 Å². The first-order valence-corrected chi connectivity index (χ1v) is 6.42. The van der Waals surface area contributed by atoms with Crippen molar-refractivity contribution in [3.63, 3.8) is 0 Å². The van der Waals surface area contributed by atoms with Crippen molar-refractivity contribution in [2.45, 2.75) is 25.3 Å². The van der Waals surface area contributed by atoms with Gasteiger partial charge < -0.3 is 20.3 Å².